The predicted octanol–water partition coefficient (Wildman–Crippen LogP) is 6.83. The standard InChI is InChI=1S/C29H26ClFN4O3/c1-3-4-22(17-5-7-19(8-6-17)29(38)33-14-13-25(36)37)26(18-9-11-20(30)12-10-18)28-23-15-21(32-2)16-24(31)27(23)34-35-28/h5-12,15-16,22,26H,3-4,13-14H2,1H3,(H,33,38)(H,34,35)(H,36,37). The van der Waals surface area contributed by atoms with Gasteiger partial charge in [-0.2, -0.15) is 5.10 Å². The highest BCUT2D eigenvalue weighted by Crippen LogP contribution is 2.44. The van der Waals surface area contributed by atoms with E-state index in [4.69, 9.17) is 23.3 Å². The number of carbonyl (C=O) groups is 2. The Labute approximate surface area is 224 Å². The van der Waals surface area contributed by atoms with Gasteiger partial charge in [-0.05, 0) is 59.9 Å². The minimum atomic E-state index is -0.981. The number of halogens is 2. The molecule has 38 heavy (non-hydrogen) atoms. The number of rotatable bonds is 10. The van der Waals surface area contributed by atoms with Gasteiger partial charge in [0.2, 0.25) is 0 Å². The van der Waals surface area contributed by atoms with Crippen LogP contribution in [0.15, 0.2) is 60.7 Å². The fourth-order valence-electron chi connectivity index (χ4n) is 4.76. The Kier molecular flexibility index (Phi) is 8.39. The largest absolute Gasteiger partial charge is 0.481 e. The number of carbonyl (C=O) groups excluding carboxylic acids is 1. The van der Waals surface area contributed by atoms with Gasteiger partial charge >= 0.3 is 5.97 Å². The molecule has 9 heteroatoms. The van der Waals surface area contributed by atoms with Crippen LogP contribution in [-0.2, 0) is 4.79 Å². The molecule has 1 aromatic heterocycles. The van der Waals surface area contributed by atoms with Crippen molar-refractivity contribution in [2.24, 2.45) is 0 Å². The van der Waals surface area contributed by atoms with Crippen LogP contribution in [-0.4, -0.2) is 33.7 Å². The summed E-state index contributed by atoms with van der Waals surface area (Å²) in [5.74, 6) is -2.23. The number of aromatic amines is 1. The number of hydrogen-bond donors (Lipinski definition) is 3. The van der Waals surface area contributed by atoms with E-state index in [2.05, 4.69) is 27.3 Å². The first kappa shape index (κ1) is 26.8. The summed E-state index contributed by atoms with van der Waals surface area (Å²) in [6.07, 6.45) is 1.49. The molecule has 194 valence electrons. The molecule has 1 amide bonds. The molecule has 0 radical (unpaired) electrons. The normalized spacial score (nSPS) is 12.6. The summed E-state index contributed by atoms with van der Waals surface area (Å²) >= 11 is 6.18. The van der Waals surface area contributed by atoms with Crippen molar-refractivity contribution in [3.8, 4) is 0 Å². The van der Waals surface area contributed by atoms with Gasteiger partial charge in [0.1, 0.15) is 11.3 Å². The molecular formula is C29H26ClFN4O3. The first-order valence-corrected chi connectivity index (χ1v) is 12.6. The number of amides is 1. The lowest BCUT2D eigenvalue weighted by Crippen LogP contribution is -2.26. The number of nitrogens with zero attached hydrogens (tertiary/aromatic N) is 2. The molecule has 2 unspecified atom stereocenters. The van der Waals surface area contributed by atoms with Crippen molar-refractivity contribution >= 4 is 40.1 Å². The number of H-pyrrole nitrogens is 1. The minimum Gasteiger partial charge on any atom is -0.481 e. The molecule has 2 atom stereocenters. The maximum Gasteiger partial charge on any atom is 0.305 e. The van der Waals surface area contributed by atoms with Crippen LogP contribution in [0.5, 0.6) is 0 Å². The van der Waals surface area contributed by atoms with Crippen LogP contribution in [0.4, 0.5) is 10.1 Å². The number of nitrogens with one attached hydrogen (secondary N) is 2. The number of fused-ring (bicyclic) bond motifs is 1. The molecule has 0 bridgehead atoms. The zero-order chi connectivity index (χ0) is 27.2. The Morgan fingerprint density at radius 2 is 1.82 bits per heavy atom. The third kappa shape index (κ3) is 5.84. The lowest BCUT2D eigenvalue weighted by molar-refractivity contribution is -0.136. The van der Waals surface area contributed by atoms with Gasteiger partial charge in [-0.15, -0.1) is 0 Å². The van der Waals surface area contributed by atoms with E-state index in [1.807, 2.05) is 24.3 Å². The van der Waals surface area contributed by atoms with Crippen LogP contribution >= 0.6 is 11.6 Å². The Balaban J connectivity index is 1.78. The maximum absolute atomic E-state index is 14.8. The van der Waals surface area contributed by atoms with E-state index in [-0.39, 0.29) is 41.9 Å². The molecule has 7 nitrogen and oxygen atoms in total. The average Bonchev–Trinajstić information content (AvgIpc) is 3.33. The summed E-state index contributed by atoms with van der Waals surface area (Å²) in [6, 6.07) is 17.5. The van der Waals surface area contributed by atoms with Crippen molar-refractivity contribution in [3.63, 3.8) is 0 Å². The van der Waals surface area contributed by atoms with Gasteiger partial charge in [-0.1, -0.05) is 49.2 Å². The van der Waals surface area contributed by atoms with Gasteiger partial charge in [0.15, 0.2) is 5.69 Å². The van der Waals surface area contributed by atoms with Crippen molar-refractivity contribution < 1.29 is 19.1 Å². The van der Waals surface area contributed by atoms with Crippen molar-refractivity contribution in [1.82, 2.24) is 15.5 Å². The Morgan fingerprint density at radius 3 is 2.45 bits per heavy atom. The highest BCUT2D eigenvalue weighted by molar-refractivity contribution is 6.30. The summed E-state index contributed by atoms with van der Waals surface area (Å²) in [7, 11) is 0. The average molecular weight is 533 g/mol. The molecule has 4 aromatic rings. The van der Waals surface area contributed by atoms with Gasteiger partial charge in [-0.25, -0.2) is 9.24 Å². The van der Waals surface area contributed by atoms with E-state index in [0.717, 1.165) is 24.0 Å². The Morgan fingerprint density at radius 1 is 1.13 bits per heavy atom. The van der Waals surface area contributed by atoms with Crippen molar-refractivity contribution in [2.45, 2.75) is 38.0 Å². The van der Waals surface area contributed by atoms with E-state index < -0.39 is 11.8 Å². The number of aromatic nitrogens is 2. The predicted molar refractivity (Wildman–Crippen MR) is 144 cm³/mol. The summed E-state index contributed by atoms with van der Waals surface area (Å²) in [5, 5.41) is 19.8. The Hall–Kier alpha value is -4.22. The third-order valence-corrected chi connectivity index (χ3v) is 6.78. The topological polar surface area (TPSA) is 99.4 Å². The number of benzene rings is 3. The molecule has 0 aliphatic carbocycles. The molecule has 3 aromatic carbocycles. The van der Waals surface area contributed by atoms with E-state index in [1.165, 1.54) is 6.07 Å². The molecule has 1 heterocycles. The molecule has 0 saturated heterocycles. The van der Waals surface area contributed by atoms with Gasteiger partial charge < -0.3 is 10.4 Å². The summed E-state index contributed by atoms with van der Waals surface area (Å²) in [5.41, 5.74) is 3.41. The van der Waals surface area contributed by atoms with Crippen LogP contribution in [0, 0.1) is 12.4 Å². The second-order valence-corrected chi connectivity index (χ2v) is 9.46. The molecular weight excluding hydrogens is 507 g/mol. The zero-order valence-corrected chi connectivity index (χ0v) is 21.4. The number of carboxylic acid groups (broad SMARTS) is 1. The molecule has 0 saturated carbocycles. The Bertz CT molecular complexity index is 1490. The molecule has 0 aliphatic rings. The zero-order valence-electron chi connectivity index (χ0n) is 20.7. The summed E-state index contributed by atoms with van der Waals surface area (Å²) in [4.78, 5) is 26.6. The van der Waals surface area contributed by atoms with Gasteiger partial charge in [0.05, 0.1) is 13.0 Å². The van der Waals surface area contributed by atoms with Gasteiger partial charge in [-0.3, -0.25) is 14.7 Å². The molecule has 0 spiro atoms. The van der Waals surface area contributed by atoms with Crippen LogP contribution < -0.4 is 5.32 Å². The third-order valence-electron chi connectivity index (χ3n) is 6.52. The van der Waals surface area contributed by atoms with Crippen molar-refractivity contribution in [1.29, 1.82) is 0 Å². The summed E-state index contributed by atoms with van der Waals surface area (Å²) in [6.45, 7) is 9.51. The van der Waals surface area contributed by atoms with Crippen molar-refractivity contribution in [2.75, 3.05) is 6.54 Å². The summed E-state index contributed by atoms with van der Waals surface area (Å²) < 4.78 is 14.8. The van der Waals surface area contributed by atoms with E-state index in [9.17, 15) is 14.0 Å². The fraction of sp³-hybridized carbons (Fsp3) is 0.241. The SMILES string of the molecule is [C-]#[N+]c1cc(F)c2n[nH]c(C(c3ccc(Cl)cc3)C(CCC)c3ccc(C(=O)NCCC(=O)O)cc3)c2c1. The van der Waals surface area contributed by atoms with Crippen LogP contribution in [0.2, 0.25) is 5.02 Å². The maximum atomic E-state index is 14.8. The highest BCUT2D eigenvalue weighted by atomic mass is 35.5. The first-order valence-electron chi connectivity index (χ1n) is 12.2. The molecule has 0 aliphatic heterocycles. The lowest BCUT2D eigenvalue weighted by atomic mass is 9.76. The number of hydrogen-bond acceptors (Lipinski definition) is 3. The molecule has 4 rings (SSSR count). The molecule has 3 N–H and O–H groups in total. The van der Waals surface area contributed by atoms with E-state index in [1.54, 1.807) is 30.3 Å². The first-order chi connectivity index (χ1) is 18.3. The van der Waals surface area contributed by atoms with Gasteiger partial charge in [0, 0.05) is 34.1 Å². The monoisotopic (exact) mass is 532 g/mol. The quantitative estimate of drug-likeness (QED) is 0.195. The second kappa shape index (κ2) is 11.9. The molecule has 0 fully saturated rings. The number of aliphatic carboxylic acids is 1. The van der Waals surface area contributed by atoms with Gasteiger partial charge in [0.25, 0.3) is 5.91 Å². The number of carboxylic acids is 1. The highest BCUT2D eigenvalue weighted by Gasteiger charge is 2.30. The van der Waals surface area contributed by atoms with Crippen molar-refractivity contribution in [3.05, 3.63) is 105 Å². The smallest absolute Gasteiger partial charge is 0.305 e. The fourth-order valence-corrected chi connectivity index (χ4v) is 4.88. The van der Waals surface area contributed by atoms with E-state index in [0.29, 0.717) is 21.7 Å². The van der Waals surface area contributed by atoms with Crippen LogP contribution in [0.25, 0.3) is 15.7 Å². The minimum absolute atomic E-state index is 0.0447. The van der Waals surface area contributed by atoms with E-state index >= 15 is 0 Å². The van der Waals surface area contributed by atoms with Crippen LogP contribution in [0.1, 0.15) is 65.2 Å². The lowest BCUT2D eigenvalue weighted by Gasteiger charge is -2.28. The second-order valence-electron chi connectivity index (χ2n) is 9.02. The van der Waals surface area contributed by atoms with Crippen LogP contribution in [0.3, 0.4) is 0 Å².